The molecule has 5 heteroatoms. The van der Waals surface area contributed by atoms with Crippen molar-refractivity contribution >= 4 is 5.91 Å². The van der Waals surface area contributed by atoms with E-state index in [2.05, 4.69) is 10.2 Å². The minimum absolute atomic E-state index is 0.167. The number of piperidine rings is 1. The van der Waals surface area contributed by atoms with Crippen molar-refractivity contribution in [1.82, 2.24) is 15.1 Å². The third-order valence-electron chi connectivity index (χ3n) is 4.02. The molecule has 0 saturated carbocycles. The monoisotopic (exact) mass is 287 g/mol. The van der Waals surface area contributed by atoms with E-state index >= 15 is 0 Å². The van der Waals surface area contributed by atoms with Gasteiger partial charge in [-0.1, -0.05) is 11.6 Å². The number of halogens is 1. The van der Waals surface area contributed by atoms with Crippen molar-refractivity contribution < 1.29 is 9.18 Å². The Labute approximate surface area is 123 Å². The van der Waals surface area contributed by atoms with E-state index in [-0.39, 0.29) is 17.4 Å². The molecule has 2 heterocycles. The predicted octanol–water partition coefficient (Wildman–Crippen LogP) is 2.88. The Morgan fingerprint density at radius 2 is 2.29 bits per heavy atom. The Bertz CT molecular complexity index is 639. The van der Waals surface area contributed by atoms with Crippen LogP contribution >= 0.6 is 0 Å². The van der Waals surface area contributed by atoms with Gasteiger partial charge in [0.05, 0.1) is 5.56 Å². The first kappa shape index (κ1) is 13.8. The molecule has 4 nitrogen and oxygen atoms in total. The Hall–Kier alpha value is -2.17. The number of aromatic amines is 1. The SMILES string of the molecule is Cc1ccc(F)c(C(=O)N2CCCC(c3ccn[nH]3)C2)c1. The van der Waals surface area contributed by atoms with Gasteiger partial charge in [-0.3, -0.25) is 9.89 Å². The summed E-state index contributed by atoms with van der Waals surface area (Å²) in [4.78, 5) is 14.3. The number of carbonyl (C=O) groups is 1. The highest BCUT2D eigenvalue weighted by Crippen LogP contribution is 2.26. The fourth-order valence-corrected chi connectivity index (χ4v) is 2.88. The number of amides is 1. The van der Waals surface area contributed by atoms with E-state index in [1.54, 1.807) is 23.2 Å². The van der Waals surface area contributed by atoms with Crippen LogP contribution in [0, 0.1) is 12.7 Å². The number of nitrogens with one attached hydrogen (secondary N) is 1. The van der Waals surface area contributed by atoms with E-state index in [9.17, 15) is 9.18 Å². The van der Waals surface area contributed by atoms with E-state index < -0.39 is 5.82 Å². The Morgan fingerprint density at radius 3 is 3.05 bits per heavy atom. The van der Waals surface area contributed by atoms with Gasteiger partial charge in [-0.25, -0.2) is 4.39 Å². The maximum atomic E-state index is 13.9. The number of hydrogen-bond donors (Lipinski definition) is 1. The molecule has 1 unspecified atom stereocenters. The lowest BCUT2D eigenvalue weighted by Gasteiger charge is -2.32. The van der Waals surface area contributed by atoms with Crippen molar-refractivity contribution in [2.75, 3.05) is 13.1 Å². The zero-order valence-corrected chi connectivity index (χ0v) is 12.0. The summed E-state index contributed by atoms with van der Waals surface area (Å²) in [5, 5.41) is 6.93. The van der Waals surface area contributed by atoms with Crippen molar-refractivity contribution in [3.05, 3.63) is 53.1 Å². The van der Waals surface area contributed by atoms with Gasteiger partial charge < -0.3 is 4.90 Å². The number of hydrogen-bond acceptors (Lipinski definition) is 2. The lowest BCUT2D eigenvalue weighted by Crippen LogP contribution is -2.39. The summed E-state index contributed by atoms with van der Waals surface area (Å²) in [6.07, 6.45) is 3.65. The summed E-state index contributed by atoms with van der Waals surface area (Å²) in [6.45, 7) is 3.14. The number of rotatable bonds is 2. The van der Waals surface area contributed by atoms with Gasteiger partial charge in [0.2, 0.25) is 0 Å². The Morgan fingerprint density at radius 1 is 1.43 bits per heavy atom. The third kappa shape index (κ3) is 2.82. The van der Waals surface area contributed by atoms with Crippen LogP contribution in [0.4, 0.5) is 4.39 Å². The molecule has 1 aliphatic rings. The highest BCUT2D eigenvalue weighted by molar-refractivity contribution is 5.94. The van der Waals surface area contributed by atoms with E-state index in [0.29, 0.717) is 13.1 Å². The molecule has 1 aliphatic heterocycles. The molecule has 110 valence electrons. The highest BCUT2D eigenvalue weighted by Gasteiger charge is 2.27. The Kier molecular flexibility index (Phi) is 3.73. The molecule has 0 radical (unpaired) electrons. The minimum atomic E-state index is -0.450. The van der Waals surface area contributed by atoms with Gasteiger partial charge in [-0.15, -0.1) is 0 Å². The molecule has 1 atom stereocenters. The summed E-state index contributed by atoms with van der Waals surface area (Å²) < 4.78 is 13.9. The molecule has 0 aliphatic carbocycles. The van der Waals surface area contributed by atoms with Crippen LogP contribution in [0.15, 0.2) is 30.5 Å². The normalized spacial score (nSPS) is 18.8. The number of likely N-dealkylation sites (tertiary alicyclic amines) is 1. The van der Waals surface area contributed by atoms with Gasteiger partial charge >= 0.3 is 0 Å². The highest BCUT2D eigenvalue weighted by atomic mass is 19.1. The van der Waals surface area contributed by atoms with Crippen LogP contribution in [0.5, 0.6) is 0 Å². The second kappa shape index (κ2) is 5.68. The van der Waals surface area contributed by atoms with Crippen molar-refractivity contribution in [3.63, 3.8) is 0 Å². The first-order valence-electron chi connectivity index (χ1n) is 7.20. The van der Waals surface area contributed by atoms with Crippen molar-refractivity contribution in [3.8, 4) is 0 Å². The molecular formula is C16H18FN3O. The number of aromatic nitrogens is 2. The largest absolute Gasteiger partial charge is 0.338 e. The van der Waals surface area contributed by atoms with Crippen LogP contribution in [0.25, 0.3) is 0 Å². The van der Waals surface area contributed by atoms with Crippen LogP contribution in [0.2, 0.25) is 0 Å². The molecule has 1 fully saturated rings. The van der Waals surface area contributed by atoms with Gasteiger partial charge in [-0.2, -0.15) is 5.10 Å². The zero-order valence-electron chi connectivity index (χ0n) is 12.0. The topological polar surface area (TPSA) is 49.0 Å². The van der Waals surface area contributed by atoms with E-state index in [1.807, 2.05) is 13.0 Å². The van der Waals surface area contributed by atoms with Crippen LogP contribution in [0.1, 0.15) is 40.4 Å². The van der Waals surface area contributed by atoms with Gasteiger partial charge in [0.25, 0.3) is 5.91 Å². The fourth-order valence-electron chi connectivity index (χ4n) is 2.88. The molecule has 1 amide bonds. The van der Waals surface area contributed by atoms with Crippen molar-refractivity contribution in [1.29, 1.82) is 0 Å². The molecule has 1 N–H and O–H groups in total. The molecule has 0 spiro atoms. The lowest BCUT2D eigenvalue weighted by atomic mass is 9.94. The first-order chi connectivity index (χ1) is 10.1. The molecule has 1 saturated heterocycles. The molecular weight excluding hydrogens is 269 g/mol. The van der Waals surface area contributed by atoms with Crippen LogP contribution < -0.4 is 0 Å². The molecule has 1 aromatic heterocycles. The molecule has 1 aromatic carbocycles. The minimum Gasteiger partial charge on any atom is -0.338 e. The van der Waals surface area contributed by atoms with E-state index in [1.165, 1.54) is 6.07 Å². The summed E-state index contributed by atoms with van der Waals surface area (Å²) in [5.74, 6) is -0.423. The third-order valence-corrected chi connectivity index (χ3v) is 4.02. The van der Waals surface area contributed by atoms with Crippen LogP contribution in [-0.2, 0) is 0 Å². The van der Waals surface area contributed by atoms with Gasteiger partial charge in [-0.05, 0) is 38.0 Å². The summed E-state index contributed by atoms with van der Waals surface area (Å²) in [6, 6.07) is 6.60. The standard InChI is InChI=1S/C16H18FN3O/c1-11-4-5-14(17)13(9-11)16(21)20-8-2-3-12(10-20)15-6-7-18-19-15/h4-7,9,12H,2-3,8,10H2,1H3,(H,18,19). The molecule has 21 heavy (non-hydrogen) atoms. The van der Waals surface area contributed by atoms with Crippen molar-refractivity contribution in [2.45, 2.75) is 25.7 Å². The maximum Gasteiger partial charge on any atom is 0.256 e. The fraction of sp³-hybridized carbons (Fsp3) is 0.375. The lowest BCUT2D eigenvalue weighted by molar-refractivity contribution is 0.0701. The number of carbonyl (C=O) groups excluding carboxylic acids is 1. The second-order valence-electron chi connectivity index (χ2n) is 5.59. The van der Waals surface area contributed by atoms with Gasteiger partial charge in [0, 0.05) is 30.9 Å². The number of benzene rings is 1. The number of aryl methyl sites for hydroxylation is 1. The number of H-pyrrole nitrogens is 1. The van der Waals surface area contributed by atoms with E-state index in [4.69, 9.17) is 0 Å². The van der Waals surface area contributed by atoms with Crippen molar-refractivity contribution in [2.24, 2.45) is 0 Å². The average Bonchev–Trinajstić information content (AvgIpc) is 3.03. The Balaban J connectivity index is 1.79. The summed E-state index contributed by atoms with van der Waals surface area (Å²) in [7, 11) is 0. The number of nitrogens with zero attached hydrogens (tertiary/aromatic N) is 2. The van der Waals surface area contributed by atoms with Gasteiger partial charge in [0.15, 0.2) is 0 Å². The summed E-state index contributed by atoms with van der Waals surface area (Å²) in [5.41, 5.74) is 2.10. The maximum absolute atomic E-state index is 13.9. The quantitative estimate of drug-likeness (QED) is 0.923. The van der Waals surface area contributed by atoms with E-state index in [0.717, 1.165) is 24.1 Å². The predicted molar refractivity (Wildman–Crippen MR) is 77.6 cm³/mol. The second-order valence-corrected chi connectivity index (χ2v) is 5.59. The van der Waals surface area contributed by atoms with Crippen LogP contribution in [0.3, 0.4) is 0 Å². The summed E-state index contributed by atoms with van der Waals surface area (Å²) >= 11 is 0. The average molecular weight is 287 g/mol. The van der Waals surface area contributed by atoms with Crippen LogP contribution in [-0.4, -0.2) is 34.1 Å². The molecule has 2 aromatic rings. The molecule has 0 bridgehead atoms. The van der Waals surface area contributed by atoms with Gasteiger partial charge in [0.1, 0.15) is 5.82 Å². The first-order valence-corrected chi connectivity index (χ1v) is 7.20. The molecule has 3 rings (SSSR count). The smallest absolute Gasteiger partial charge is 0.256 e. The zero-order chi connectivity index (χ0) is 14.8.